The van der Waals surface area contributed by atoms with Gasteiger partial charge in [0.25, 0.3) is 0 Å². The summed E-state index contributed by atoms with van der Waals surface area (Å²) in [6, 6.07) is 0. The molecule has 4 saturated carbocycles. The zero-order valence-electron chi connectivity index (χ0n) is 13.5. The van der Waals surface area contributed by atoms with E-state index in [-0.39, 0.29) is 11.7 Å². The van der Waals surface area contributed by atoms with Gasteiger partial charge in [-0.2, -0.15) is 0 Å². The highest BCUT2D eigenvalue weighted by atomic mass is 16.6. The van der Waals surface area contributed by atoms with Crippen LogP contribution < -0.4 is 0 Å². The number of carbonyl (C=O) groups excluding carboxylic acids is 1. The highest BCUT2D eigenvalue weighted by Gasteiger charge is 2.76. The smallest absolute Gasteiger partial charge is 0.164 e. The molecule has 2 heteroatoms. The molecule has 0 aromatic heterocycles. The third-order valence-electron chi connectivity index (χ3n) is 8.73. The van der Waals surface area contributed by atoms with Gasteiger partial charge in [0.15, 0.2) is 5.78 Å². The van der Waals surface area contributed by atoms with Gasteiger partial charge < -0.3 is 4.74 Å². The van der Waals surface area contributed by atoms with E-state index in [1.165, 1.54) is 38.5 Å². The number of ketones is 1. The molecule has 21 heavy (non-hydrogen) atoms. The van der Waals surface area contributed by atoms with Crippen LogP contribution in [0, 0.1) is 28.6 Å². The Hall–Kier alpha value is -0.370. The molecule has 0 amide bonds. The van der Waals surface area contributed by atoms with Crippen LogP contribution in [0.15, 0.2) is 0 Å². The monoisotopic (exact) mass is 288 g/mol. The van der Waals surface area contributed by atoms with E-state index in [1.54, 1.807) is 0 Å². The summed E-state index contributed by atoms with van der Waals surface area (Å²) in [5.41, 5.74) is 0.893. The van der Waals surface area contributed by atoms with Crippen molar-refractivity contribution in [2.24, 2.45) is 28.6 Å². The number of hydrogen-bond acceptors (Lipinski definition) is 2. The van der Waals surface area contributed by atoms with Gasteiger partial charge in [-0.3, -0.25) is 4.79 Å². The van der Waals surface area contributed by atoms with E-state index in [0.717, 1.165) is 37.0 Å². The lowest BCUT2D eigenvalue weighted by atomic mass is 9.45. The average molecular weight is 288 g/mol. The first kappa shape index (κ1) is 13.1. The highest BCUT2D eigenvalue weighted by molar-refractivity contribution is 5.88. The SMILES string of the molecule is C[C@]12CCC[C@@H]1[C@@H]1CC[C@@]34O[C@@H]3C(=O)CC[C@@]4(C)[C@@H]1CC2. The van der Waals surface area contributed by atoms with Crippen LogP contribution in [0.1, 0.15) is 71.6 Å². The lowest BCUT2D eigenvalue weighted by Crippen LogP contribution is -2.57. The molecule has 0 aromatic carbocycles. The minimum Gasteiger partial charge on any atom is -0.357 e. The van der Waals surface area contributed by atoms with Crippen LogP contribution in [-0.4, -0.2) is 17.5 Å². The van der Waals surface area contributed by atoms with Crippen molar-refractivity contribution in [1.29, 1.82) is 0 Å². The summed E-state index contributed by atoms with van der Waals surface area (Å²) < 4.78 is 6.12. The van der Waals surface area contributed by atoms with E-state index >= 15 is 0 Å². The molecular formula is C19H28O2. The van der Waals surface area contributed by atoms with Gasteiger partial charge in [-0.1, -0.05) is 20.3 Å². The molecule has 0 N–H and O–H groups in total. The number of ether oxygens (including phenoxy) is 1. The molecule has 5 rings (SSSR count). The molecule has 5 aliphatic rings. The van der Waals surface area contributed by atoms with Crippen molar-refractivity contribution < 1.29 is 9.53 Å². The zero-order chi connectivity index (χ0) is 14.5. The zero-order valence-corrected chi connectivity index (χ0v) is 13.5. The molecule has 4 aliphatic carbocycles. The molecule has 2 nitrogen and oxygen atoms in total. The van der Waals surface area contributed by atoms with Crippen LogP contribution in [0.5, 0.6) is 0 Å². The summed E-state index contributed by atoms with van der Waals surface area (Å²) in [4.78, 5) is 12.1. The van der Waals surface area contributed by atoms with E-state index in [1.807, 2.05) is 0 Å². The fourth-order valence-electron chi connectivity index (χ4n) is 7.49. The number of hydrogen-bond donors (Lipinski definition) is 0. The van der Waals surface area contributed by atoms with Crippen molar-refractivity contribution in [3.05, 3.63) is 0 Å². The van der Waals surface area contributed by atoms with E-state index < -0.39 is 0 Å². The molecule has 1 spiro atoms. The maximum absolute atomic E-state index is 12.1. The number of epoxide rings is 1. The number of Topliss-reactive ketones (excluding diaryl/α,β-unsaturated/α-hetero) is 1. The first-order chi connectivity index (χ1) is 10.0. The second-order valence-corrected chi connectivity index (χ2v) is 9.27. The Morgan fingerprint density at radius 3 is 2.71 bits per heavy atom. The third kappa shape index (κ3) is 1.37. The summed E-state index contributed by atoms with van der Waals surface area (Å²) in [6.07, 6.45) is 11.5. The van der Waals surface area contributed by atoms with Gasteiger partial charge in [0.2, 0.25) is 0 Å². The Bertz CT molecular complexity index is 514. The second kappa shape index (κ2) is 3.75. The number of fused-ring (bicyclic) bond motifs is 4. The van der Waals surface area contributed by atoms with Crippen molar-refractivity contribution in [1.82, 2.24) is 0 Å². The van der Waals surface area contributed by atoms with Crippen LogP contribution in [0.4, 0.5) is 0 Å². The van der Waals surface area contributed by atoms with Gasteiger partial charge in [0, 0.05) is 11.8 Å². The van der Waals surface area contributed by atoms with Gasteiger partial charge in [-0.25, -0.2) is 0 Å². The fourth-order valence-corrected chi connectivity index (χ4v) is 7.49. The van der Waals surface area contributed by atoms with Gasteiger partial charge in [-0.15, -0.1) is 0 Å². The Morgan fingerprint density at radius 1 is 1.00 bits per heavy atom. The molecule has 116 valence electrons. The minimum atomic E-state index is -0.0319. The summed E-state index contributed by atoms with van der Waals surface area (Å²) in [6.45, 7) is 5.04. The Kier molecular flexibility index (Phi) is 2.34. The maximum atomic E-state index is 12.1. The van der Waals surface area contributed by atoms with Crippen molar-refractivity contribution in [2.75, 3.05) is 0 Å². The predicted molar refractivity (Wildman–Crippen MR) is 80.8 cm³/mol. The van der Waals surface area contributed by atoms with E-state index in [4.69, 9.17) is 4.74 Å². The van der Waals surface area contributed by atoms with E-state index in [2.05, 4.69) is 13.8 Å². The maximum Gasteiger partial charge on any atom is 0.164 e. The van der Waals surface area contributed by atoms with Gasteiger partial charge in [0.05, 0.1) is 0 Å². The molecule has 1 aliphatic heterocycles. The van der Waals surface area contributed by atoms with Crippen LogP contribution >= 0.6 is 0 Å². The Labute approximate surface area is 128 Å². The van der Waals surface area contributed by atoms with E-state index in [9.17, 15) is 4.79 Å². The summed E-state index contributed by atoms with van der Waals surface area (Å²) in [7, 11) is 0. The molecule has 0 unspecified atom stereocenters. The lowest BCUT2D eigenvalue weighted by Gasteiger charge is -2.58. The van der Waals surface area contributed by atoms with Crippen LogP contribution in [0.2, 0.25) is 0 Å². The predicted octanol–water partition coefficient (Wildman–Crippen LogP) is 4.12. The average Bonchev–Trinajstić information content (AvgIpc) is 3.08. The summed E-state index contributed by atoms with van der Waals surface area (Å²) in [5, 5.41) is 0. The summed E-state index contributed by atoms with van der Waals surface area (Å²) >= 11 is 0. The highest BCUT2D eigenvalue weighted by Crippen LogP contribution is 2.72. The van der Waals surface area contributed by atoms with Crippen LogP contribution in [0.25, 0.3) is 0 Å². The summed E-state index contributed by atoms with van der Waals surface area (Å²) in [5.74, 6) is 3.09. The molecule has 0 aromatic rings. The standard InChI is InChI=1S/C19H28O2/c1-17-8-3-4-13(17)12-5-11-19-16(21-19)15(20)7-10-18(19,2)14(12)6-9-17/h12-14,16H,3-11H2,1-2H3/t12-,13+,14+,16+,17+,18-,19+/m0/s1. The van der Waals surface area contributed by atoms with Crippen molar-refractivity contribution >= 4 is 5.78 Å². The fraction of sp³-hybridized carbons (Fsp3) is 0.947. The third-order valence-corrected chi connectivity index (χ3v) is 8.73. The van der Waals surface area contributed by atoms with Crippen molar-refractivity contribution in [2.45, 2.75) is 83.3 Å². The van der Waals surface area contributed by atoms with Gasteiger partial charge in [-0.05, 0) is 68.1 Å². The molecule has 7 atom stereocenters. The Balaban J connectivity index is 1.52. The lowest BCUT2D eigenvalue weighted by molar-refractivity contribution is -0.129. The normalized spacial score (nSPS) is 61.5. The van der Waals surface area contributed by atoms with Gasteiger partial charge >= 0.3 is 0 Å². The molecule has 0 radical (unpaired) electrons. The molecule has 0 bridgehead atoms. The minimum absolute atomic E-state index is 0.0194. The Morgan fingerprint density at radius 2 is 1.86 bits per heavy atom. The largest absolute Gasteiger partial charge is 0.357 e. The molecule has 5 fully saturated rings. The first-order valence-electron chi connectivity index (χ1n) is 9.21. The number of carbonyl (C=O) groups is 1. The molecule has 1 heterocycles. The van der Waals surface area contributed by atoms with Crippen molar-refractivity contribution in [3.8, 4) is 0 Å². The first-order valence-corrected chi connectivity index (χ1v) is 9.21. The molecule has 1 saturated heterocycles. The van der Waals surface area contributed by atoms with E-state index in [0.29, 0.717) is 16.6 Å². The number of rotatable bonds is 0. The second-order valence-electron chi connectivity index (χ2n) is 9.27. The van der Waals surface area contributed by atoms with Crippen LogP contribution in [-0.2, 0) is 9.53 Å². The topological polar surface area (TPSA) is 29.6 Å². The molecular weight excluding hydrogens is 260 g/mol. The van der Waals surface area contributed by atoms with Crippen LogP contribution in [0.3, 0.4) is 0 Å². The quantitative estimate of drug-likeness (QED) is 0.628. The van der Waals surface area contributed by atoms with Crippen molar-refractivity contribution in [3.63, 3.8) is 0 Å². The van der Waals surface area contributed by atoms with Gasteiger partial charge in [0.1, 0.15) is 11.7 Å².